The van der Waals surface area contributed by atoms with E-state index in [1.165, 1.54) is 29.7 Å². The molecule has 3 aromatic rings. The van der Waals surface area contributed by atoms with Gasteiger partial charge in [0.2, 0.25) is 0 Å². The van der Waals surface area contributed by atoms with Crippen molar-refractivity contribution in [2.45, 2.75) is 11.8 Å². The predicted octanol–water partition coefficient (Wildman–Crippen LogP) is 3.53. The van der Waals surface area contributed by atoms with E-state index in [-0.39, 0.29) is 22.4 Å². The first kappa shape index (κ1) is 17.3. The van der Waals surface area contributed by atoms with Crippen molar-refractivity contribution in [3.8, 4) is 0 Å². The Hall–Kier alpha value is -2.51. The number of carbonyl (C=O) groups is 1. The maximum atomic E-state index is 13.0. The summed E-state index contributed by atoms with van der Waals surface area (Å²) in [4.78, 5) is 16.9. The summed E-state index contributed by atoms with van der Waals surface area (Å²) >= 11 is 1.18. The zero-order valence-corrected chi connectivity index (χ0v) is 15.1. The number of anilines is 1. The quantitative estimate of drug-likeness (QED) is 0.621. The van der Waals surface area contributed by atoms with Crippen LogP contribution in [0.1, 0.15) is 15.9 Å². The van der Waals surface area contributed by atoms with Crippen LogP contribution in [0.4, 0.5) is 5.13 Å². The molecule has 0 aliphatic carbocycles. The Kier molecular flexibility index (Phi) is 4.96. The number of ketones is 1. The lowest BCUT2D eigenvalue weighted by atomic mass is 10.1. The molecule has 0 bridgehead atoms. The second-order valence-corrected chi connectivity index (χ2v) is 8.11. The Labute approximate surface area is 150 Å². The molecule has 0 aliphatic rings. The van der Waals surface area contributed by atoms with Gasteiger partial charge in [-0.25, -0.2) is 17.7 Å². The topological polar surface area (TPSA) is 67.3 Å². The van der Waals surface area contributed by atoms with Crippen LogP contribution >= 0.6 is 11.3 Å². The average Bonchev–Trinajstić information content (AvgIpc) is 3.14. The molecule has 0 fully saturated rings. The smallest absolute Gasteiger partial charge is 0.266 e. The number of hydrogen-bond acceptors (Lipinski definition) is 5. The van der Waals surface area contributed by atoms with E-state index in [9.17, 15) is 13.2 Å². The fourth-order valence-corrected chi connectivity index (χ4v) is 4.68. The Balaban J connectivity index is 2.00. The number of hydrogen-bond donors (Lipinski definition) is 0. The van der Waals surface area contributed by atoms with Gasteiger partial charge in [-0.15, -0.1) is 11.3 Å². The fourth-order valence-electron chi connectivity index (χ4n) is 2.42. The minimum Gasteiger partial charge on any atom is -0.292 e. The third-order valence-corrected chi connectivity index (χ3v) is 6.36. The molecule has 0 N–H and O–H groups in total. The first-order chi connectivity index (χ1) is 12.0. The van der Waals surface area contributed by atoms with Crippen LogP contribution in [0.5, 0.6) is 0 Å². The molecule has 3 rings (SSSR count). The molecule has 7 heteroatoms. The van der Waals surface area contributed by atoms with E-state index in [4.69, 9.17) is 0 Å². The van der Waals surface area contributed by atoms with Gasteiger partial charge in [0.05, 0.1) is 4.90 Å². The predicted molar refractivity (Wildman–Crippen MR) is 98.6 cm³/mol. The third-order valence-electron chi connectivity index (χ3n) is 3.70. The molecule has 0 saturated heterocycles. The maximum absolute atomic E-state index is 13.0. The van der Waals surface area contributed by atoms with Crippen LogP contribution < -0.4 is 4.31 Å². The minimum atomic E-state index is -3.88. The van der Waals surface area contributed by atoms with Gasteiger partial charge < -0.3 is 0 Å². The van der Waals surface area contributed by atoms with E-state index >= 15 is 0 Å². The van der Waals surface area contributed by atoms with E-state index < -0.39 is 10.0 Å². The monoisotopic (exact) mass is 372 g/mol. The number of aromatic nitrogens is 1. The van der Waals surface area contributed by atoms with Crippen molar-refractivity contribution >= 4 is 32.3 Å². The molecule has 0 atom stereocenters. The molecule has 1 aromatic heterocycles. The van der Waals surface area contributed by atoms with Gasteiger partial charge in [0.15, 0.2) is 10.9 Å². The standard InChI is InChI=1S/C18H16N2O3S2/c1-14-7-5-6-10-16(14)17(21)13-20(18-19-11-12-24-18)25(22,23)15-8-3-2-4-9-15/h2-12H,13H2,1H3. The van der Waals surface area contributed by atoms with Crippen molar-refractivity contribution in [1.29, 1.82) is 0 Å². The van der Waals surface area contributed by atoms with E-state index in [0.29, 0.717) is 5.56 Å². The zero-order chi connectivity index (χ0) is 17.9. The molecule has 0 spiro atoms. The number of carbonyl (C=O) groups excluding carboxylic acids is 1. The van der Waals surface area contributed by atoms with E-state index in [1.54, 1.807) is 35.7 Å². The van der Waals surface area contributed by atoms with E-state index in [2.05, 4.69) is 4.98 Å². The molecular formula is C18H16N2O3S2. The molecule has 0 saturated carbocycles. The van der Waals surface area contributed by atoms with Crippen LogP contribution in [0.2, 0.25) is 0 Å². The summed E-state index contributed by atoms with van der Waals surface area (Å²) in [5, 5.41) is 1.95. The molecule has 2 aromatic carbocycles. The summed E-state index contributed by atoms with van der Waals surface area (Å²) in [5.74, 6) is -0.271. The Morgan fingerprint density at radius 2 is 1.76 bits per heavy atom. The highest BCUT2D eigenvalue weighted by Crippen LogP contribution is 2.26. The lowest BCUT2D eigenvalue weighted by Crippen LogP contribution is -2.36. The number of benzene rings is 2. The van der Waals surface area contributed by atoms with Crippen molar-refractivity contribution < 1.29 is 13.2 Å². The van der Waals surface area contributed by atoms with E-state index in [1.807, 2.05) is 19.1 Å². The van der Waals surface area contributed by atoms with Crippen molar-refractivity contribution in [2.75, 3.05) is 10.8 Å². The SMILES string of the molecule is Cc1ccccc1C(=O)CN(c1nccs1)S(=O)(=O)c1ccccc1. The number of nitrogens with zero attached hydrogens (tertiary/aromatic N) is 2. The minimum absolute atomic E-state index is 0.128. The lowest BCUT2D eigenvalue weighted by molar-refractivity contribution is 0.100. The van der Waals surface area contributed by atoms with E-state index in [0.717, 1.165) is 9.87 Å². The summed E-state index contributed by atoms with van der Waals surface area (Å²) in [6.45, 7) is 1.53. The van der Waals surface area contributed by atoms with Gasteiger partial charge in [-0.05, 0) is 24.6 Å². The maximum Gasteiger partial charge on any atom is 0.266 e. The van der Waals surface area contributed by atoms with Crippen molar-refractivity contribution in [3.05, 3.63) is 77.3 Å². The number of aryl methyl sites for hydroxylation is 1. The number of rotatable bonds is 6. The summed E-state index contributed by atoms with van der Waals surface area (Å²) in [5.41, 5.74) is 1.32. The van der Waals surface area contributed by atoms with Crippen LogP contribution in [-0.2, 0) is 10.0 Å². The molecule has 128 valence electrons. The highest BCUT2D eigenvalue weighted by atomic mass is 32.2. The Morgan fingerprint density at radius 3 is 2.40 bits per heavy atom. The van der Waals surface area contributed by atoms with Crippen LogP contribution in [0.25, 0.3) is 0 Å². The molecule has 25 heavy (non-hydrogen) atoms. The molecule has 0 aliphatic heterocycles. The second kappa shape index (κ2) is 7.16. The largest absolute Gasteiger partial charge is 0.292 e. The van der Waals surface area contributed by atoms with Crippen molar-refractivity contribution in [1.82, 2.24) is 4.98 Å². The van der Waals surface area contributed by atoms with Crippen LogP contribution in [-0.4, -0.2) is 25.7 Å². The van der Waals surface area contributed by atoms with Crippen LogP contribution in [0.15, 0.2) is 71.1 Å². The normalized spacial score (nSPS) is 11.2. The number of sulfonamides is 1. The third kappa shape index (κ3) is 3.62. The summed E-state index contributed by atoms with van der Waals surface area (Å²) < 4.78 is 27.1. The molecular weight excluding hydrogens is 356 g/mol. The Morgan fingerprint density at radius 1 is 1.08 bits per heavy atom. The van der Waals surface area contributed by atoms with Gasteiger partial charge in [0.25, 0.3) is 10.0 Å². The molecule has 5 nitrogen and oxygen atoms in total. The molecule has 0 radical (unpaired) electrons. The first-order valence-corrected chi connectivity index (χ1v) is 9.88. The highest BCUT2D eigenvalue weighted by molar-refractivity contribution is 7.93. The summed E-state index contributed by atoms with van der Waals surface area (Å²) in [6.07, 6.45) is 1.52. The second-order valence-electron chi connectivity index (χ2n) is 5.38. The van der Waals surface area contributed by atoms with Crippen molar-refractivity contribution in [2.24, 2.45) is 0 Å². The van der Waals surface area contributed by atoms with Gasteiger partial charge in [0.1, 0.15) is 6.54 Å². The van der Waals surface area contributed by atoms with Crippen molar-refractivity contribution in [3.63, 3.8) is 0 Å². The van der Waals surface area contributed by atoms with Gasteiger partial charge in [-0.3, -0.25) is 4.79 Å². The number of Topliss-reactive ketones (excluding diaryl/α,β-unsaturated/α-hetero) is 1. The summed E-state index contributed by atoms with van der Waals surface area (Å²) in [7, 11) is -3.88. The lowest BCUT2D eigenvalue weighted by Gasteiger charge is -2.21. The molecule has 1 heterocycles. The first-order valence-electron chi connectivity index (χ1n) is 7.56. The van der Waals surface area contributed by atoms with Gasteiger partial charge in [-0.1, -0.05) is 42.5 Å². The van der Waals surface area contributed by atoms with Gasteiger partial charge in [-0.2, -0.15) is 0 Å². The molecule has 0 amide bonds. The number of thiazole rings is 1. The van der Waals surface area contributed by atoms with Gasteiger partial charge in [0, 0.05) is 17.1 Å². The van der Waals surface area contributed by atoms with Gasteiger partial charge >= 0.3 is 0 Å². The average molecular weight is 372 g/mol. The molecule has 0 unspecified atom stereocenters. The van der Waals surface area contributed by atoms with Crippen LogP contribution in [0, 0.1) is 6.92 Å². The zero-order valence-electron chi connectivity index (χ0n) is 13.5. The summed E-state index contributed by atoms with van der Waals surface area (Å²) in [6, 6.07) is 15.2. The van der Waals surface area contributed by atoms with Crippen LogP contribution in [0.3, 0.4) is 0 Å². The fraction of sp³-hybridized carbons (Fsp3) is 0.111. The highest BCUT2D eigenvalue weighted by Gasteiger charge is 2.29. The Bertz CT molecular complexity index is 969.